The lowest BCUT2D eigenvalue weighted by atomic mass is 10.0. The van der Waals surface area contributed by atoms with Gasteiger partial charge in [-0.3, -0.25) is 9.78 Å². The minimum atomic E-state index is -4.48. The summed E-state index contributed by atoms with van der Waals surface area (Å²) in [5, 5.41) is 0. The van der Waals surface area contributed by atoms with Crippen LogP contribution in [0, 0.1) is 0 Å². The van der Waals surface area contributed by atoms with E-state index in [0.717, 1.165) is 12.3 Å². The molecule has 1 amide bonds. The number of hydrogen-bond acceptors (Lipinski definition) is 4. The first-order chi connectivity index (χ1) is 12.8. The molecule has 144 valence electrons. The predicted octanol–water partition coefficient (Wildman–Crippen LogP) is 3.25. The molecule has 0 bridgehead atoms. The predicted molar refractivity (Wildman–Crippen MR) is 92.2 cm³/mol. The van der Waals surface area contributed by atoms with Crippen molar-refractivity contribution in [1.82, 2.24) is 9.88 Å². The van der Waals surface area contributed by atoms with E-state index in [4.69, 9.17) is 9.47 Å². The van der Waals surface area contributed by atoms with E-state index in [1.165, 1.54) is 6.07 Å². The van der Waals surface area contributed by atoms with E-state index in [0.29, 0.717) is 43.1 Å². The van der Waals surface area contributed by atoms with Gasteiger partial charge in [0.1, 0.15) is 5.69 Å². The number of alkyl halides is 3. The number of halogens is 3. The fourth-order valence-electron chi connectivity index (χ4n) is 2.81. The number of amides is 1. The summed E-state index contributed by atoms with van der Waals surface area (Å²) in [5.41, 5.74) is 0.608. The Hall–Kier alpha value is -2.45. The Morgan fingerprint density at radius 3 is 2.67 bits per heavy atom. The molecule has 1 aliphatic rings. The molecule has 8 heteroatoms. The molecule has 0 radical (unpaired) electrons. The molecular weight excluding hydrogens is 361 g/mol. The van der Waals surface area contributed by atoms with Gasteiger partial charge in [-0.1, -0.05) is 18.2 Å². The van der Waals surface area contributed by atoms with Crippen LogP contribution in [0.25, 0.3) is 11.1 Å². The largest absolute Gasteiger partial charge is 0.433 e. The molecule has 3 rings (SSSR count). The van der Waals surface area contributed by atoms with Crippen molar-refractivity contribution in [2.75, 3.05) is 33.4 Å². The van der Waals surface area contributed by atoms with E-state index >= 15 is 0 Å². The number of carbonyl (C=O) groups excluding carboxylic acids is 1. The highest BCUT2D eigenvalue weighted by Crippen LogP contribution is 2.29. The first kappa shape index (κ1) is 19.3. The number of carbonyl (C=O) groups is 1. The monoisotopic (exact) mass is 380 g/mol. The molecule has 1 saturated heterocycles. The Morgan fingerprint density at radius 1 is 1.22 bits per heavy atom. The van der Waals surface area contributed by atoms with Gasteiger partial charge in [0, 0.05) is 30.9 Å². The van der Waals surface area contributed by atoms with Gasteiger partial charge in [0.2, 0.25) is 0 Å². The lowest BCUT2D eigenvalue weighted by molar-refractivity contribution is -0.141. The van der Waals surface area contributed by atoms with E-state index in [1.807, 2.05) is 0 Å². The Morgan fingerprint density at radius 2 is 2.04 bits per heavy atom. The molecule has 0 spiro atoms. The van der Waals surface area contributed by atoms with Gasteiger partial charge in [-0.25, -0.2) is 0 Å². The number of ether oxygens (including phenoxy) is 2. The fraction of sp³-hybridized carbons (Fsp3) is 0.368. The van der Waals surface area contributed by atoms with Crippen LogP contribution < -0.4 is 0 Å². The van der Waals surface area contributed by atoms with Crippen molar-refractivity contribution in [3.05, 3.63) is 53.9 Å². The van der Waals surface area contributed by atoms with Crippen molar-refractivity contribution < 1.29 is 27.4 Å². The third-order valence-electron chi connectivity index (χ3n) is 4.21. The first-order valence-electron chi connectivity index (χ1n) is 8.43. The number of benzene rings is 1. The van der Waals surface area contributed by atoms with Gasteiger partial charge < -0.3 is 14.4 Å². The lowest BCUT2D eigenvalue weighted by Crippen LogP contribution is -2.40. The zero-order chi connectivity index (χ0) is 19.4. The van der Waals surface area contributed by atoms with Crippen LogP contribution in [0.4, 0.5) is 13.2 Å². The molecule has 0 saturated carbocycles. The second-order valence-electron chi connectivity index (χ2n) is 6.26. The third kappa shape index (κ3) is 4.84. The molecule has 2 aromatic rings. The molecule has 5 nitrogen and oxygen atoms in total. The number of aromatic nitrogens is 1. The van der Waals surface area contributed by atoms with Gasteiger partial charge >= 0.3 is 6.18 Å². The molecule has 1 atom stereocenters. The molecule has 1 aliphatic heterocycles. The van der Waals surface area contributed by atoms with E-state index < -0.39 is 11.9 Å². The quantitative estimate of drug-likeness (QED) is 0.817. The number of nitrogens with zero attached hydrogens (tertiary/aromatic N) is 2. The summed E-state index contributed by atoms with van der Waals surface area (Å²) in [6.45, 7) is 1.89. The van der Waals surface area contributed by atoms with E-state index in [-0.39, 0.29) is 12.0 Å². The number of hydrogen-bond donors (Lipinski definition) is 0. The number of likely N-dealkylation sites (N-methyl/N-ethyl adjacent to an activating group) is 1. The fourth-order valence-corrected chi connectivity index (χ4v) is 2.81. The summed E-state index contributed by atoms with van der Waals surface area (Å²) in [7, 11) is 1.67. The molecule has 1 aromatic heterocycles. The Balaban J connectivity index is 1.73. The van der Waals surface area contributed by atoms with Gasteiger partial charge in [-0.2, -0.15) is 13.2 Å². The Bertz CT molecular complexity index is 788. The highest BCUT2D eigenvalue weighted by molar-refractivity contribution is 5.95. The van der Waals surface area contributed by atoms with Crippen LogP contribution in [-0.4, -0.2) is 55.3 Å². The smallest absolute Gasteiger partial charge is 0.376 e. The van der Waals surface area contributed by atoms with Crippen LogP contribution in [0.1, 0.15) is 16.1 Å². The van der Waals surface area contributed by atoms with E-state index in [1.54, 1.807) is 36.2 Å². The van der Waals surface area contributed by atoms with Crippen molar-refractivity contribution >= 4 is 5.91 Å². The number of rotatable bonds is 4. The molecule has 0 unspecified atom stereocenters. The molecule has 1 aromatic carbocycles. The summed E-state index contributed by atoms with van der Waals surface area (Å²) >= 11 is 0. The standard InChI is InChI=1S/C19H19F3N2O3/c1-24(11-16-12-26-7-8-27-16)18(25)14-4-2-3-13(9-14)15-5-6-17(23-10-15)19(20,21)22/h2-6,9-10,16H,7-8,11-12H2,1H3/t16-/m1/s1. The second-order valence-corrected chi connectivity index (χ2v) is 6.26. The van der Waals surface area contributed by atoms with Crippen LogP contribution in [0.5, 0.6) is 0 Å². The van der Waals surface area contributed by atoms with Gasteiger partial charge in [0.05, 0.1) is 25.9 Å². The van der Waals surface area contributed by atoms with Crippen LogP contribution >= 0.6 is 0 Å². The van der Waals surface area contributed by atoms with Crippen molar-refractivity contribution in [3.63, 3.8) is 0 Å². The van der Waals surface area contributed by atoms with E-state index in [9.17, 15) is 18.0 Å². The number of pyridine rings is 1. The van der Waals surface area contributed by atoms with Gasteiger partial charge in [-0.05, 0) is 23.8 Å². The zero-order valence-corrected chi connectivity index (χ0v) is 14.7. The van der Waals surface area contributed by atoms with Crippen molar-refractivity contribution in [3.8, 4) is 11.1 Å². The van der Waals surface area contributed by atoms with Crippen molar-refractivity contribution in [2.24, 2.45) is 0 Å². The Labute approximate surface area is 154 Å². The maximum atomic E-state index is 12.7. The van der Waals surface area contributed by atoms with Crippen LogP contribution in [-0.2, 0) is 15.7 Å². The van der Waals surface area contributed by atoms with Crippen LogP contribution in [0.3, 0.4) is 0 Å². The summed E-state index contributed by atoms with van der Waals surface area (Å²) in [6.07, 6.45) is -3.50. The molecule has 2 heterocycles. The van der Waals surface area contributed by atoms with Gasteiger partial charge in [0.15, 0.2) is 0 Å². The summed E-state index contributed by atoms with van der Waals surface area (Å²) < 4.78 is 48.8. The summed E-state index contributed by atoms with van der Waals surface area (Å²) in [6, 6.07) is 8.99. The van der Waals surface area contributed by atoms with Crippen molar-refractivity contribution in [2.45, 2.75) is 12.3 Å². The topological polar surface area (TPSA) is 51.7 Å². The molecule has 0 N–H and O–H groups in total. The van der Waals surface area contributed by atoms with Crippen LogP contribution in [0.2, 0.25) is 0 Å². The SMILES string of the molecule is CN(C[C@@H]1COCCO1)C(=O)c1cccc(-c2ccc(C(F)(F)F)nc2)c1. The maximum Gasteiger partial charge on any atom is 0.433 e. The average molecular weight is 380 g/mol. The highest BCUT2D eigenvalue weighted by atomic mass is 19.4. The zero-order valence-electron chi connectivity index (χ0n) is 14.7. The lowest BCUT2D eigenvalue weighted by Gasteiger charge is -2.27. The van der Waals surface area contributed by atoms with E-state index in [2.05, 4.69) is 4.98 Å². The van der Waals surface area contributed by atoms with Gasteiger partial charge in [0.25, 0.3) is 5.91 Å². The molecular formula is C19H19F3N2O3. The average Bonchev–Trinajstić information content (AvgIpc) is 2.67. The van der Waals surface area contributed by atoms with Gasteiger partial charge in [-0.15, -0.1) is 0 Å². The third-order valence-corrected chi connectivity index (χ3v) is 4.21. The maximum absolute atomic E-state index is 12.7. The summed E-state index contributed by atoms with van der Waals surface area (Å²) in [5.74, 6) is -0.203. The Kier molecular flexibility index (Phi) is 5.76. The highest BCUT2D eigenvalue weighted by Gasteiger charge is 2.32. The normalized spacial score (nSPS) is 17.6. The van der Waals surface area contributed by atoms with Crippen molar-refractivity contribution in [1.29, 1.82) is 0 Å². The molecule has 0 aliphatic carbocycles. The minimum Gasteiger partial charge on any atom is -0.376 e. The molecule has 1 fully saturated rings. The first-order valence-corrected chi connectivity index (χ1v) is 8.43. The summed E-state index contributed by atoms with van der Waals surface area (Å²) in [4.78, 5) is 17.7. The van der Waals surface area contributed by atoms with Crippen LogP contribution in [0.15, 0.2) is 42.6 Å². The second kappa shape index (κ2) is 8.06. The molecule has 27 heavy (non-hydrogen) atoms. The minimum absolute atomic E-state index is 0.171.